The molecule has 1 amide bonds. The minimum atomic E-state index is -0.139. The average molecular weight is 332 g/mol. The fourth-order valence-corrected chi connectivity index (χ4v) is 3.29. The molecular formula is C20H20N4O. The van der Waals surface area contributed by atoms with Crippen molar-refractivity contribution in [3.63, 3.8) is 0 Å². The standard InChI is InChI=1S/C20H20N4O/c1-14(16-11-17(16)15-7-3-2-4-8-15)22-23-20(25)12-24-13-21-18-9-5-6-10-19(18)24/h2-10,13,16-17H,11-12H2,1H3,(H,23,25)/b22-14+. The number of para-hydroxylation sites is 2. The predicted molar refractivity (Wildman–Crippen MR) is 98.3 cm³/mol. The molecule has 1 aliphatic carbocycles. The summed E-state index contributed by atoms with van der Waals surface area (Å²) >= 11 is 0. The zero-order valence-corrected chi connectivity index (χ0v) is 14.1. The molecule has 1 fully saturated rings. The van der Waals surface area contributed by atoms with Crippen molar-refractivity contribution in [2.75, 3.05) is 0 Å². The number of imidazole rings is 1. The van der Waals surface area contributed by atoms with Crippen molar-refractivity contribution in [1.82, 2.24) is 15.0 Å². The maximum absolute atomic E-state index is 12.2. The number of nitrogens with one attached hydrogen (secondary N) is 1. The van der Waals surface area contributed by atoms with E-state index in [0.717, 1.165) is 23.2 Å². The number of hydrazone groups is 1. The first-order chi connectivity index (χ1) is 12.2. The Morgan fingerprint density at radius 1 is 1.20 bits per heavy atom. The summed E-state index contributed by atoms with van der Waals surface area (Å²) in [7, 11) is 0. The van der Waals surface area contributed by atoms with Gasteiger partial charge >= 0.3 is 0 Å². The molecule has 1 aromatic heterocycles. The highest BCUT2D eigenvalue weighted by molar-refractivity contribution is 5.89. The lowest BCUT2D eigenvalue weighted by Crippen LogP contribution is -2.24. The molecule has 5 nitrogen and oxygen atoms in total. The van der Waals surface area contributed by atoms with Crippen LogP contribution in [0, 0.1) is 5.92 Å². The molecule has 0 aliphatic heterocycles. The normalized spacial score (nSPS) is 19.8. The van der Waals surface area contributed by atoms with E-state index in [1.807, 2.05) is 41.8 Å². The van der Waals surface area contributed by atoms with E-state index in [-0.39, 0.29) is 12.5 Å². The van der Waals surface area contributed by atoms with Crippen LogP contribution in [0.1, 0.15) is 24.8 Å². The second-order valence-electron chi connectivity index (χ2n) is 6.51. The molecule has 1 aliphatic rings. The molecule has 0 spiro atoms. The molecule has 5 heteroatoms. The van der Waals surface area contributed by atoms with Crippen LogP contribution in [0.3, 0.4) is 0 Å². The van der Waals surface area contributed by atoms with Crippen molar-refractivity contribution in [2.24, 2.45) is 11.0 Å². The summed E-state index contributed by atoms with van der Waals surface area (Å²) < 4.78 is 1.83. The van der Waals surface area contributed by atoms with E-state index in [1.54, 1.807) is 6.33 Å². The van der Waals surface area contributed by atoms with Crippen LogP contribution in [0.25, 0.3) is 11.0 Å². The van der Waals surface area contributed by atoms with Gasteiger partial charge in [0.1, 0.15) is 6.54 Å². The molecule has 3 aromatic rings. The van der Waals surface area contributed by atoms with Crippen molar-refractivity contribution in [3.8, 4) is 0 Å². The molecule has 0 radical (unpaired) electrons. The Hall–Kier alpha value is -2.95. The second-order valence-corrected chi connectivity index (χ2v) is 6.51. The van der Waals surface area contributed by atoms with Gasteiger partial charge in [0.15, 0.2) is 0 Å². The first-order valence-electron chi connectivity index (χ1n) is 8.50. The van der Waals surface area contributed by atoms with E-state index in [9.17, 15) is 4.79 Å². The fraction of sp³-hybridized carbons (Fsp3) is 0.250. The van der Waals surface area contributed by atoms with Crippen LogP contribution in [0.4, 0.5) is 0 Å². The lowest BCUT2D eigenvalue weighted by Gasteiger charge is -2.05. The van der Waals surface area contributed by atoms with Gasteiger partial charge in [-0.05, 0) is 37.0 Å². The largest absolute Gasteiger partial charge is 0.321 e. The van der Waals surface area contributed by atoms with Gasteiger partial charge in [-0.3, -0.25) is 4.79 Å². The lowest BCUT2D eigenvalue weighted by molar-refractivity contribution is -0.121. The van der Waals surface area contributed by atoms with Crippen LogP contribution in [-0.4, -0.2) is 21.2 Å². The van der Waals surface area contributed by atoms with Crippen LogP contribution in [0.5, 0.6) is 0 Å². The zero-order chi connectivity index (χ0) is 17.2. The first-order valence-corrected chi connectivity index (χ1v) is 8.50. The maximum atomic E-state index is 12.2. The number of fused-ring (bicyclic) bond motifs is 1. The number of nitrogens with zero attached hydrogens (tertiary/aromatic N) is 3. The Balaban J connectivity index is 1.36. The van der Waals surface area contributed by atoms with Crippen LogP contribution in [0.15, 0.2) is 66.0 Å². The summed E-state index contributed by atoms with van der Waals surface area (Å²) in [5, 5.41) is 4.31. The average Bonchev–Trinajstić information content (AvgIpc) is 3.36. The highest BCUT2D eigenvalue weighted by Crippen LogP contribution is 2.48. The lowest BCUT2D eigenvalue weighted by atomic mass is 10.1. The summed E-state index contributed by atoms with van der Waals surface area (Å²) in [5.74, 6) is 0.815. The number of carbonyl (C=O) groups excluding carboxylic acids is 1. The van der Waals surface area contributed by atoms with Gasteiger partial charge in [-0.25, -0.2) is 10.4 Å². The molecule has 2 aromatic carbocycles. The third kappa shape index (κ3) is 3.31. The molecule has 2 atom stereocenters. The molecule has 0 saturated heterocycles. The Bertz CT molecular complexity index is 929. The van der Waals surface area contributed by atoms with Gasteiger partial charge in [-0.2, -0.15) is 5.10 Å². The zero-order valence-electron chi connectivity index (χ0n) is 14.1. The van der Waals surface area contributed by atoms with Gasteiger partial charge in [0.05, 0.1) is 17.4 Å². The Morgan fingerprint density at radius 3 is 2.80 bits per heavy atom. The van der Waals surface area contributed by atoms with Gasteiger partial charge in [0.2, 0.25) is 0 Å². The number of benzene rings is 2. The second kappa shape index (κ2) is 6.51. The van der Waals surface area contributed by atoms with Crippen molar-refractivity contribution in [2.45, 2.75) is 25.8 Å². The molecule has 1 saturated carbocycles. The summed E-state index contributed by atoms with van der Waals surface area (Å²) in [4.78, 5) is 16.5. The Morgan fingerprint density at radius 2 is 1.96 bits per heavy atom. The maximum Gasteiger partial charge on any atom is 0.260 e. The molecule has 4 rings (SSSR count). The van der Waals surface area contributed by atoms with E-state index in [2.05, 4.69) is 39.8 Å². The van der Waals surface area contributed by atoms with Crippen LogP contribution >= 0.6 is 0 Å². The molecule has 1 N–H and O–H groups in total. The minimum absolute atomic E-state index is 0.139. The molecule has 0 bridgehead atoms. The third-order valence-electron chi connectivity index (χ3n) is 4.75. The molecular weight excluding hydrogens is 312 g/mol. The summed E-state index contributed by atoms with van der Waals surface area (Å²) in [5.41, 5.74) is 6.85. The third-order valence-corrected chi connectivity index (χ3v) is 4.75. The monoisotopic (exact) mass is 332 g/mol. The van der Waals surface area contributed by atoms with Gasteiger partial charge in [0.25, 0.3) is 5.91 Å². The predicted octanol–water partition coefficient (Wildman–Crippen LogP) is 3.33. The van der Waals surface area contributed by atoms with E-state index < -0.39 is 0 Å². The van der Waals surface area contributed by atoms with Gasteiger partial charge < -0.3 is 4.57 Å². The van der Waals surface area contributed by atoms with E-state index >= 15 is 0 Å². The van der Waals surface area contributed by atoms with Crippen molar-refractivity contribution < 1.29 is 4.79 Å². The van der Waals surface area contributed by atoms with Gasteiger partial charge in [0, 0.05) is 11.6 Å². The van der Waals surface area contributed by atoms with E-state index in [0.29, 0.717) is 11.8 Å². The van der Waals surface area contributed by atoms with E-state index in [4.69, 9.17) is 0 Å². The summed E-state index contributed by atoms with van der Waals surface area (Å²) in [6.45, 7) is 2.20. The molecule has 1 heterocycles. The Kier molecular flexibility index (Phi) is 4.06. The van der Waals surface area contributed by atoms with Gasteiger partial charge in [-0.1, -0.05) is 42.5 Å². The Labute approximate surface area is 146 Å². The SMILES string of the molecule is C/C(=N\NC(=O)Cn1cnc2ccccc21)C1CC1c1ccccc1. The van der Waals surface area contributed by atoms with E-state index in [1.165, 1.54) is 5.56 Å². The summed E-state index contributed by atoms with van der Waals surface area (Å²) in [6.07, 6.45) is 2.79. The smallest absolute Gasteiger partial charge is 0.260 e. The van der Waals surface area contributed by atoms with Crippen LogP contribution in [-0.2, 0) is 11.3 Å². The quantitative estimate of drug-likeness (QED) is 0.575. The topological polar surface area (TPSA) is 59.3 Å². The highest BCUT2D eigenvalue weighted by atomic mass is 16.2. The summed E-state index contributed by atoms with van der Waals surface area (Å²) in [6, 6.07) is 18.2. The number of aromatic nitrogens is 2. The fourth-order valence-electron chi connectivity index (χ4n) is 3.29. The van der Waals surface area contributed by atoms with Crippen LogP contribution in [0.2, 0.25) is 0 Å². The molecule has 25 heavy (non-hydrogen) atoms. The molecule has 2 unspecified atom stereocenters. The minimum Gasteiger partial charge on any atom is -0.321 e. The molecule has 126 valence electrons. The number of hydrogen-bond acceptors (Lipinski definition) is 3. The number of amides is 1. The highest BCUT2D eigenvalue weighted by Gasteiger charge is 2.40. The number of carbonyl (C=O) groups is 1. The van der Waals surface area contributed by atoms with Crippen LogP contribution < -0.4 is 5.43 Å². The van der Waals surface area contributed by atoms with Gasteiger partial charge in [-0.15, -0.1) is 0 Å². The number of hydrogen-bond donors (Lipinski definition) is 1. The van der Waals surface area contributed by atoms with Crippen molar-refractivity contribution in [3.05, 3.63) is 66.5 Å². The van der Waals surface area contributed by atoms with Crippen molar-refractivity contribution in [1.29, 1.82) is 0 Å². The van der Waals surface area contributed by atoms with Crippen molar-refractivity contribution >= 4 is 22.7 Å². The number of rotatable bonds is 5. The first kappa shape index (κ1) is 15.6.